The van der Waals surface area contributed by atoms with E-state index >= 15 is 0 Å². The number of unbranched alkanes of at least 4 members (excludes halogenated alkanes) is 2. The van der Waals surface area contributed by atoms with Gasteiger partial charge < -0.3 is 19.3 Å². The number of hydrogen-bond donors (Lipinski definition) is 0. The van der Waals surface area contributed by atoms with Crippen LogP contribution in [0.15, 0.2) is 28.5 Å². The fourth-order valence-corrected chi connectivity index (χ4v) is 9.03. The number of allylic oxidation sites excluding steroid dienone is 2. The third-order valence-corrected chi connectivity index (χ3v) is 10.7. The molecule has 0 amide bonds. The van der Waals surface area contributed by atoms with Crippen molar-refractivity contribution in [1.29, 1.82) is 0 Å². The van der Waals surface area contributed by atoms with Gasteiger partial charge in [0.1, 0.15) is 6.08 Å². The van der Waals surface area contributed by atoms with Gasteiger partial charge in [0.25, 0.3) is 0 Å². The van der Waals surface area contributed by atoms with Crippen LogP contribution >= 0.6 is 0 Å². The molecule has 0 saturated heterocycles. The zero-order valence-electron chi connectivity index (χ0n) is 23.7. The molecule has 36 heavy (non-hydrogen) atoms. The summed E-state index contributed by atoms with van der Waals surface area (Å²) in [7, 11) is 1.76. The van der Waals surface area contributed by atoms with Gasteiger partial charge in [0.15, 0.2) is 0 Å². The van der Waals surface area contributed by atoms with Crippen molar-refractivity contribution in [2.45, 2.75) is 117 Å². The number of nitrogens with zero attached hydrogens (tertiary/aromatic N) is 1. The normalized spacial score (nSPS) is 40.7. The molecule has 0 spiro atoms. The van der Waals surface area contributed by atoms with Crippen LogP contribution in [-0.4, -0.2) is 38.1 Å². The van der Waals surface area contributed by atoms with Crippen molar-refractivity contribution in [3.63, 3.8) is 0 Å². The van der Waals surface area contributed by atoms with Crippen LogP contribution in [0, 0.1) is 28.6 Å². The molecule has 204 valence electrons. The number of aliphatic imine (C=N–C) groups is 1. The number of ether oxygens (including phenoxy) is 3. The first-order valence-corrected chi connectivity index (χ1v) is 14.7. The first kappa shape index (κ1) is 27.5. The van der Waals surface area contributed by atoms with Gasteiger partial charge >= 0.3 is 0 Å². The van der Waals surface area contributed by atoms with Crippen LogP contribution in [0.1, 0.15) is 105 Å². The lowest BCUT2D eigenvalue weighted by molar-refractivity contribution is -0.254. The Bertz CT molecular complexity index is 865. The van der Waals surface area contributed by atoms with Crippen LogP contribution in [-0.2, 0) is 14.2 Å². The van der Waals surface area contributed by atoms with Crippen molar-refractivity contribution in [2.24, 2.45) is 33.6 Å². The largest absolute Gasteiger partial charge is 0.593 e. The summed E-state index contributed by atoms with van der Waals surface area (Å²) in [5, 5.41) is 12.3. The molecule has 0 bridgehead atoms. The van der Waals surface area contributed by atoms with Gasteiger partial charge in [-0.1, -0.05) is 45.3 Å². The Morgan fingerprint density at radius 1 is 1.08 bits per heavy atom. The van der Waals surface area contributed by atoms with E-state index in [-0.39, 0.29) is 28.6 Å². The number of fused-ring (bicyclic) bond motifs is 5. The van der Waals surface area contributed by atoms with E-state index in [2.05, 4.69) is 45.7 Å². The smallest absolute Gasteiger partial charge is 0.145 e. The van der Waals surface area contributed by atoms with Crippen LogP contribution in [0.2, 0.25) is 0 Å². The van der Waals surface area contributed by atoms with Crippen LogP contribution in [0.25, 0.3) is 0 Å². The quantitative estimate of drug-likeness (QED) is 0.118. The Balaban J connectivity index is 1.55. The topological polar surface area (TPSA) is 63.1 Å². The molecule has 7 atom stereocenters. The molecule has 0 radical (unpaired) electrons. The highest BCUT2D eigenvalue weighted by molar-refractivity contribution is 5.62. The number of hydrogen-bond acceptors (Lipinski definition) is 5. The molecule has 0 aliphatic heterocycles. The van der Waals surface area contributed by atoms with E-state index in [9.17, 15) is 5.11 Å². The van der Waals surface area contributed by atoms with E-state index in [1.54, 1.807) is 7.11 Å². The van der Waals surface area contributed by atoms with Crippen LogP contribution < -0.4 is 5.11 Å². The summed E-state index contributed by atoms with van der Waals surface area (Å²) in [6.45, 7) is 12.9. The molecule has 0 aromatic rings. The van der Waals surface area contributed by atoms with Crippen molar-refractivity contribution in [3.8, 4) is 0 Å². The lowest BCUT2D eigenvalue weighted by atomic mass is 9.45. The SMILES string of the molecule is CCCCCN=C([O-])O[C@@H]1C=C2CCC3C(CC[C@]4(C)[C@@H](/C(C)=C/OC)CC[C@]34OCC)[C@@]2(C)CC1. The predicted octanol–water partition coefficient (Wildman–Crippen LogP) is 6.57. The van der Waals surface area contributed by atoms with Crippen LogP contribution in [0.3, 0.4) is 0 Å². The first-order valence-electron chi connectivity index (χ1n) is 14.7. The molecule has 3 saturated carbocycles. The fourth-order valence-electron chi connectivity index (χ4n) is 9.03. The third kappa shape index (κ3) is 4.63. The van der Waals surface area contributed by atoms with Gasteiger partial charge in [0.05, 0.1) is 19.0 Å². The first-order chi connectivity index (χ1) is 17.3. The Hall–Kier alpha value is -1.49. The summed E-state index contributed by atoms with van der Waals surface area (Å²) in [5.41, 5.74) is 3.13. The average molecular weight is 501 g/mol. The van der Waals surface area contributed by atoms with Gasteiger partial charge in [-0.25, -0.2) is 0 Å². The standard InChI is InChI=1S/C31H51NO4/c1-7-9-10-19-32-28(33)36-24-13-16-29(4)23(20-24)11-12-27-26(29)14-17-30(5)25(22(3)21-34-6)15-18-31(27,30)35-8-2/h20-21,24-27H,7-19H2,1-6H3,(H,32,33)/p-1/b22-21+/t24-,25+,26?,27?,29-,30+,31-/m0/s1. The van der Waals surface area contributed by atoms with E-state index in [0.717, 1.165) is 51.6 Å². The zero-order valence-corrected chi connectivity index (χ0v) is 23.7. The van der Waals surface area contributed by atoms with E-state index < -0.39 is 0 Å². The molecule has 0 N–H and O–H groups in total. The van der Waals surface area contributed by atoms with E-state index in [1.165, 1.54) is 36.8 Å². The molecule has 4 rings (SSSR count). The predicted molar refractivity (Wildman–Crippen MR) is 144 cm³/mol. The maximum Gasteiger partial charge on any atom is 0.145 e. The minimum atomic E-state index is -0.384. The second-order valence-corrected chi connectivity index (χ2v) is 12.4. The monoisotopic (exact) mass is 500 g/mol. The molecular formula is C31H50NO4-. The van der Waals surface area contributed by atoms with Gasteiger partial charge in [0.2, 0.25) is 0 Å². The van der Waals surface area contributed by atoms with Gasteiger partial charge in [-0.2, -0.15) is 0 Å². The summed E-state index contributed by atoms with van der Waals surface area (Å²) >= 11 is 0. The summed E-state index contributed by atoms with van der Waals surface area (Å²) in [6, 6.07) is 0. The average Bonchev–Trinajstić information content (AvgIpc) is 3.15. The van der Waals surface area contributed by atoms with Gasteiger partial charge in [-0.3, -0.25) is 4.99 Å². The minimum absolute atomic E-state index is 0.0621. The zero-order chi connectivity index (χ0) is 26.0. The molecule has 0 aromatic heterocycles. The Morgan fingerprint density at radius 3 is 2.61 bits per heavy atom. The summed E-state index contributed by atoms with van der Waals surface area (Å²) in [6.07, 6.45) is 16.0. The van der Waals surface area contributed by atoms with Crippen molar-refractivity contribution >= 4 is 6.08 Å². The second kappa shape index (κ2) is 11.1. The van der Waals surface area contributed by atoms with Crippen LogP contribution in [0.5, 0.6) is 0 Å². The highest BCUT2D eigenvalue weighted by atomic mass is 16.6. The van der Waals surface area contributed by atoms with E-state index in [1.807, 2.05) is 6.26 Å². The van der Waals surface area contributed by atoms with E-state index in [4.69, 9.17) is 14.2 Å². The molecule has 3 fully saturated rings. The molecule has 4 aliphatic carbocycles. The molecule has 0 aromatic carbocycles. The highest BCUT2D eigenvalue weighted by Gasteiger charge is 2.67. The maximum atomic E-state index is 12.3. The molecule has 5 nitrogen and oxygen atoms in total. The Morgan fingerprint density at radius 2 is 1.89 bits per heavy atom. The lowest BCUT2D eigenvalue weighted by Gasteiger charge is -2.63. The fraction of sp³-hybridized carbons (Fsp3) is 0.839. The van der Waals surface area contributed by atoms with Gasteiger partial charge in [-0.05, 0) is 100 Å². The second-order valence-electron chi connectivity index (χ2n) is 12.4. The van der Waals surface area contributed by atoms with Crippen LogP contribution in [0.4, 0.5) is 0 Å². The lowest BCUT2D eigenvalue weighted by Crippen LogP contribution is -2.62. The van der Waals surface area contributed by atoms with Gasteiger partial charge in [0, 0.05) is 24.7 Å². The molecule has 4 aliphatic rings. The number of methoxy groups -OCH3 is 1. The highest BCUT2D eigenvalue weighted by Crippen LogP contribution is 2.70. The van der Waals surface area contributed by atoms with E-state index in [0.29, 0.717) is 24.3 Å². The van der Waals surface area contributed by atoms with Crippen molar-refractivity contribution in [2.75, 3.05) is 20.3 Å². The Kier molecular flexibility index (Phi) is 8.49. The minimum Gasteiger partial charge on any atom is -0.593 e. The summed E-state index contributed by atoms with van der Waals surface area (Å²) in [4.78, 5) is 4.13. The van der Waals surface area contributed by atoms with Crippen molar-refractivity contribution in [3.05, 3.63) is 23.5 Å². The van der Waals surface area contributed by atoms with Crippen molar-refractivity contribution < 1.29 is 19.3 Å². The maximum absolute atomic E-state index is 12.3. The Labute approximate surface area is 219 Å². The summed E-state index contributed by atoms with van der Waals surface area (Å²) < 4.78 is 18.1. The molecule has 0 heterocycles. The number of rotatable bonds is 9. The molecule has 2 unspecified atom stereocenters. The molecular weight excluding hydrogens is 450 g/mol. The molecule has 5 heteroatoms. The van der Waals surface area contributed by atoms with Crippen molar-refractivity contribution in [1.82, 2.24) is 0 Å². The summed E-state index contributed by atoms with van der Waals surface area (Å²) in [5.74, 6) is 1.72. The third-order valence-electron chi connectivity index (χ3n) is 10.7. The van der Waals surface area contributed by atoms with Gasteiger partial charge in [-0.15, -0.1) is 0 Å².